The maximum absolute atomic E-state index is 12.3. The molecule has 1 aliphatic heterocycles. The molecule has 2 aliphatic rings. The van der Waals surface area contributed by atoms with Gasteiger partial charge in [0.2, 0.25) is 5.91 Å². The third-order valence-electron chi connectivity index (χ3n) is 5.20. The first kappa shape index (κ1) is 16.2. The van der Waals surface area contributed by atoms with Gasteiger partial charge in [-0.25, -0.2) is 0 Å². The Morgan fingerprint density at radius 1 is 1.20 bits per heavy atom. The van der Waals surface area contributed by atoms with Gasteiger partial charge in [-0.3, -0.25) is 9.78 Å². The van der Waals surface area contributed by atoms with E-state index in [0.29, 0.717) is 23.6 Å². The highest BCUT2D eigenvalue weighted by atomic mass is 16.5. The second-order valence-electron chi connectivity index (χ2n) is 7.29. The highest BCUT2D eigenvalue weighted by Crippen LogP contribution is 2.33. The molecule has 1 atom stereocenters. The molecule has 0 radical (unpaired) electrons. The molecule has 6 heteroatoms. The lowest BCUT2D eigenvalue weighted by Crippen LogP contribution is -2.40. The number of likely N-dealkylation sites (tertiary alicyclic amines) is 1. The third-order valence-corrected chi connectivity index (χ3v) is 5.20. The predicted octanol–water partition coefficient (Wildman–Crippen LogP) is 3.10. The summed E-state index contributed by atoms with van der Waals surface area (Å²) in [6.45, 7) is 1.82. The Balaban J connectivity index is 1.29. The van der Waals surface area contributed by atoms with Gasteiger partial charge in [0.1, 0.15) is 0 Å². The molecule has 4 rings (SSSR count). The molecule has 1 saturated carbocycles. The monoisotopic (exact) mass is 340 g/mol. The molecule has 0 bridgehead atoms. The number of carbonyl (C=O) groups excluding carboxylic acids is 1. The zero-order valence-electron chi connectivity index (χ0n) is 14.4. The van der Waals surface area contributed by atoms with Gasteiger partial charge in [0.05, 0.1) is 0 Å². The van der Waals surface area contributed by atoms with Crippen LogP contribution in [-0.4, -0.2) is 39.0 Å². The quantitative estimate of drug-likeness (QED) is 0.808. The van der Waals surface area contributed by atoms with E-state index in [2.05, 4.69) is 20.0 Å². The van der Waals surface area contributed by atoms with Gasteiger partial charge >= 0.3 is 0 Å². The van der Waals surface area contributed by atoms with Gasteiger partial charge in [-0.1, -0.05) is 5.16 Å². The van der Waals surface area contributed by atoms with Gasteiger partial charge in [0.25, 0.3) is 5.89 Å². The van der Waals surface area contributed by atoms with Gasteiger partial charge in [0.15, 0.2) is 5.82 Å². The summed E-state index contributed by atoms with van der Waals surface area (Å²) in [5.74, 6) is 2.85. The van der Waals surface area contributed by atoms with Crippen LogP contribution in [0.25, 0.3) is 11.5 Å². The maximum atomic E-state index is 12.3. The maximum Gasteiger partial charge on any atom is 0.258 e. The number of nitrogens with zero attached hydrogens (tertiary/aromatic N) is 4. The van der Waals surface area contributed by atoms with Crippen molar-refractivity contribution in [2.45, 2.75) is 44.9 Å². The number of rotatable bonds is 6. The molecule has 2 aromatic rings. The fourth-order valence-corrected chi connectivity index (χ4v) is 3.53. The summed E-state index contributed by atoms with van der Waals surface area (Å²) in [6.07, 6.45) is 10.8. The van der Waals surface area contributed by atoms with Gasteiger partial charge in [0, 0.05) is 43.9 Å². The molecule has 2 fully saturated rings. The molecule has 0 aromatic carbocycles. The van der Waals surface area contributed by atoms with E-state index < -0.39 is 0 Å². The van der Waals surface area contributed by atoms with E-state index in [0.717, 1.165) is 50.2 Å². The van der Waals surface area contributed by atoms with E-state index in [1.165, 1.54) is 19.3 Å². The molecule has 2 aromatic heterocycles. The molecule has 1 saturated heterocycles. The molecular formula is C19H24N4O2. The smallest absolute Gasteiger partial charge is 0.258 e. The molecule has 0 spiro atoms. The van der Waals surface area contributed by atoms with Crippen molar-refractivity contribution in [1.82, 2.24) is 20.0 Å². The Labute approximate surface area is 147 Å². The summed E-state index contributed by atoms with van der Waals surface area (Å²) >= 11 is 0. The van der Waals surface area contributed by atoms with Gasteiger partial charge in [-0.2, -0.15) is 4.98 Å². The van der Waals surface area contributed by atoms with Crippen molar-refractivity contribution in [1.29, 1.82) is 0 Å². The van der Waals surface area contributed by atoms with Crippen molar-refractivity contribution in [2.75, 3.05) is 13.1 Å². The minimum Gasteiger partial charge on any atom is -0.342 e. The lowest BCUT2D eigenvalue weighted by molar-refractivity contribution is -0.133. The molecule has 3 heterocycles. The van der Waals surface area contributed by atoms with Crippen LogP contribution in [0.4, 0.5) is 0 Å². The van der Waals surface area contributed by atoms with Gasteiger partial charge in [-0.15, -0.1) is 0 Å². The van der Waals surface area contributed by atoms with Crippen molar-refractivity contribution >= 4 is 5.91 Å². The summed E-state index contributed by atoms with van der Waals surface area (Å²) in [7, 11) is 0. The average Bonchev–Trinajstić information content (AvgIpc) is 3.34. The van der Waals surface area contributed by atoms with Crippen LogP contribution in [0.15, 0.2) is 29.0 Å². The second kappa shape index (κ2) is 7.33. The first-order valence-corrected chi connectivity index (χ1v) is 9.28. The van der Waals surface area contributed by atoms with Crippen LogP contribution in [-0.2, 0) is 11.2 Å². The molecule has 1 unspecified atom stereocenters. The number of aryl methyl sites for hydroxylation is 1. The topological polar surface area (TPSA) is 72.1 Å². The van der Waals surface area contributed by atoms with E-state index in [-0.39, 0.29) is 0 Å². The van der Waals surface area contributed by atoms with Crippen LogP contribution >= 0.6 is 0 Å². The number of amides is 1. The Hall–Kier alpha value is -2.24. The standard InChI is InChI=1S/C19H24N4O2/c24-18(12-14-3-4-14)23-11-1-2-15(13-23)5-6-17-21-19(25-22-17)16-7-9-20-10-8-16/h7-10,14-15H,1-6,11-13H2. The Bertz CT molecular complexity index is 711. The number of carbonyl (C=O) groups is 1. The highest BCUT2D eigenvalue weighted by molar-refractivity contribution is 5.76. The van der Waals surface area contributed by atoms with E-state index in [9.17, 15) is 4.79 Å². The van der Waals surface area contributed by atoms with E-state index in [4.69, 9.17) is 4.52 Å². The molecule has 132 valence electrons. The van der Waals surface area contributed by atoms with E-state index >= 15 is 0 Å². The van der Waals surface area contributed by atoms with Crippen molar-refractivity contribution in [3.63, 3.8) is 0 Å². The van der Waals surface area contributed by atoms with Crippen molar-refractivity contribution in [2.24, 2.45) is 11.8 Å². The summed E-state index contributed by atoms with van der Waals surface area (Å²) in [5, 5.41) is 4.09. The number of hydrogen-bond donors (Lipinski definition) is 0. The van der Waals surface area contributed by atoms with Crippen LogP contribution in [0, 0.1) is 11.8 Å². The van der Waals surface area contributed by atoms with Crippen molar-refractivity contribution in [3.05, 3.63) is 30.4 Å². The van der Waals surface area contributed by atoms with E-state index in [1.54, 1.807) is 12.4 Å². The molecule has 6 nitrogen and oxygen atoms in total. The highest BCUT2D eigenvalue weighted by Gasteiger charge is 2.29. The van der Waals surface area contributed by atoms with Crippen LogP contribution in [0.1, 0.15) is 44.3 Å². The normalized spacial score (nSPS) is 20.6. The second-order valence-corrected chi connectivity index (χ2v) is 7.29. The Morgan fingerprint density at radius 3 is 2.84 bits per heavy atom. The van der Waals surface area contributed by atoms with Gasteiger partial charge in [-0.05, 0) is 56.1 Å². The number of pyridine rings is 1. The SMILES string of the molecule is O=C(CC1CC1)N1CCCC(CCc2noc(-c3ccncc3)n2)C1. The van der Waals surface area contributed by atoms with E-state index in [1.807, 2.05) is 12.1 Å². The van der Waals surface area contributed by atoms with Crippen molar-refractivity contribution < 1.29 is 9.32 Å². The first-order chi connectivity index (χ1) is 12.3. The number of piperidine rings is 1. The molecule has 25 heavy (non-hydrogen) atoms. The zero-order valence-corrected chi connectivity index (χ0v) is 14.4. The minimum absolute atomic E-state index is 0.353. The summed E-state index contributed by atoms with van der Waals surface area (Å²) in [4.78, 5) is 22.9. The molecule has 1 amide bonds. The predicted molar refractivity (Wildman–Crippen MR) is 92.5 cm³/mol. The first-order valence-electron chi connectivity index (χ1n) is 9.28. The molecular weight excluding hydrogens is 316 g/mol. The van der Waals surface area contributed by atoms with Crippen molar-refractivity contribution in [3.8, 4) is 11.5 Å². The summed E-state index contributed by atoms with van der Waals surface area (Å²) < 4.78 is 5.35. The van der Waals surface area contributed by atoms with Crippen LogP contribution in [0.3, 0.4) is 0 Å². The Morgan fingerprint density at radius 2 is 2.04 bits per heavy atom. The molecule has 1 aliphatic carbocycles. The fraction of sp³-hybridized carbons (Fsp3) is 0.579. The number of hydrogen-bond acceptors (Lipinski definition) is 5. The average molecular weight is 340 g/mol. The van der Waals surface area contributed by atoms with Crippen LogP contribution in [0.2, 0.25) is 0 Å². The lowest BCUT2D eigenvalue weighted by Gasteiger charge is -2.32. The Kier molecular flexibility index (Phi) is 4.76. The summed E-state index contributed by atoms with van der Waals surface area (Å²) in [5.41, 5.74) is 0.892. The minimum atomic E-state index is 0.353. The van der Waals surface area contributed by atoms with Crippen LogP contribution in [0.5, 0.6) is 0 Å². The van der Waals surface area contributed by atoms with Gasteiger partial charge < -0.3 is 9.42 Å². The largest absolute Gasteiger partial charge is 0.342 e. The fourth-order valence-electron chi connectivity index (χ4n) is 3.53. The number of aromatic nitrogens is 3. The summed E-state index contributed by atoms with van der Waals surface area (Å²) in [6, 6.07) is 3.73. The third kappa shape index (κ3) is 4.24. The molecule has 0 N–H and O–H groups in total. The zero-order chi connectivity index (χ0) is 17.1. The lowest BCUT2D eigenvalue weighted by atomic mass is 9.93. The van der Waals surface area contributed by atoms with Crippen LogP contribution < -0.4 is 0 Å².